The molecule has 1 amide bonds. The predicted molar refractivity (Wildman–Crippen MR) is 122 cm³/mol. The predicted octanol–water partition coefficient (Wildman–Crippen LogP) is 3.72. The largest absolute Gasteiger partial charge is 0.497 e. The number of nitrogens with zero attached hydrogens (tertiary/aromatic N) is 2. The van der Waals surface area contributed by atoms with Gasteiger partial charge in [0.05, 0.1) is 18.1 Å². The number of anilines is 1. The monoisotopic (exact) mass is 445 g/mol. The Morgan fingerprint density at radius 2 is 1.73 bits per heavy atom. The van der Waals surface area contributed by atoms with Gasteiger partial charge in [-0.15, -0.1) is 0 Å². The van der Waals surface area contributed by atoms with Crippen molar-refractivity contribution in [3.05, 3.63) is 99.7 Å². The summed E-state index contributed by atoms with van der Waals surface area (Å²) >= 11 is 0. The average Bonchev–Trinajstić information content (AvgIpc) is 2.81. The van der Waals surface area contributed by atoms with Gasteiger partial charge in [-0.3, -0.25) is 14.4 Å². The van der Waals surface area contributed by atoms with E-state index in [0.29, 0.717) is 22.8 Å². The van der Waals surface area contributed by atoms with E-state index in [1.54, 1.807) is 50.4 Å². The van der Waals surface area contributed by atoms with Gasteiger partial charge in [0.2, 0.25) is 11.3 Å². The van der Waals surface area contributed by atoms with Crippen LogP contribution in [0.3, 0.4) is 0 Å². The standard InChI is InChI=1S/C25H20FN3O4/c1-15-3-12-20-24(32)21(23(31)16-4-6-17(26)7-5-16)13-29(25(20)27-15)14-22(30)28-18-8-10-19(33-2)11-9-18/h3-13H,14H2,1-2H3,(H,28,30). The molecular formula is C25H20FN3O4. The van der Waals surface area contributed by atoms with Crippen molar-refractivity contribution in [3.63, 3.8) is 0 Å². The molecule has 8 heteroatoms. The van der Waals surface area contributed by atoms with Gasteiger partial charge in [-0.25, -0.2) is 9.37 Å². The molecule has 0 aliphatic heterocycles. The van der Waals surface area contributed by atoms with Gasteiger partial charge < -0.3 is 14.6 Å². The molecule has 0 unspecified atom stereocenters. The van der Waals surface area contributed by atoms with Crippen molar-refractivity contribution >= 4 is 28.4 Å². The first-order valence-electron chi connectivity index (χ1n) is 10.1. The van der Waals surface area contributed by atoms with Gasteiger partial charge in [-0.05, 0) is 67.6 Å². The molecule has 2 heterocycles. The van der Waals surface area contributed by atoms with E-state index >= 15 is 0 Å². The van der Waals surface area contributed by atoms with Crippen molar-refractivity contribution in [2.24, 2.45) is 0 Å². The normalized spacial score (nSPS) is 10.8. The van der Waals surface area contributed by atoms with Gasteiger partial charge in [0, 0.05) is 23.1 Å². The van der Waals surface area contributed by atoms with Gasteiger partial charge in [0.1, 0.15) is 23.8 Å². The molecule has 4 rings (SSSR count). The summed E-state index contributed by atoms with van der Waals surface area (Å²) in [5.74, 6) is -0.763. The third-order valence-corrected chi connectivity index (χ3v) is 5.10. The lowest BCUT2D eigenvalue weighted by Gasteiger charge is -2.13. The number of hydrogen-bond donors (Lipinski definition) is 1. The molecule has 166 valence electrons. The average molecular weight is 445 g/mol. The van der Waals surface area contributed by atoms with Crippen molar-refractivity contribution in [3.8, 4) is 5.75 Å². The fourth-order valence-corrected chi connectivity index (χ4v) is 3.43. The Labute approximate surface area is 188 Å². The summed E-state index contributed by atoms with van der Waals surface area (Å²) in [5.41, 5.74) is 1.06. The number of halogens is 1. The Balaban J connectivity index is 1.72. The smallest absolute Gasteiger partial charge is 0.244 e. The molecule has 0 saturated carbocycles. The van der Waals surface area contributed by atoms with E-state index in [9.17, 15) is 18.8 Å². The number of hydrogen-bond acceptors (Lipinski definition) is 5. The first kappa shape index (κ1) is 21.9. The van der Waals surface area contributed by atoms with Crippen molar-refractivity contribution in [1.29, 1.82) is 0 Å². The van der Waals surface area contributed by atoms with Crippen LogP contribution in [-0.2, 0) is 11.3 Å². The van der Waals surface area contributed by atoms with Gasteiger partial charge >= 0.3 is 0 Å². The Bertz CT molecular complexity index is 1410. The SMILES string of the molecule is COc1ccc(NC(=O)Cn2cc(C(=O)c3ccc(F)cc3)c(=O)c3ccc(C)nc32)cc1. The zero-order chi connectivity index (χ0) is 23.5. The lowest BCUT2D eigenvalue weighted by atomic mass is 10.0. The Hall–Kier alpha value is -4.33. The number of methoxy groups -OCH3 is 1. The Kier molecular flexibility index (Phi) is 5.99. The van der Waals surface area contributed by atoms with E-state index in [-0.39, 0.29) is 29.0 Å². The highest BCUT2D eigenvalue weighted by Gasteiger charge is 2.19. The molecule has 0 spiro atoms. The number of aromatic nitrogens is 2. The second kappa shape index (κ2) is 9.04. The van der Waals surface area contributed by atoms with Crippen LogP contribution in [-0.4, -0.2) is 28.4 Å². The number of pyridine rings is 2. The van der Waals surface area contributed by atoms with E-state index in [1.807, 2.05) is 0 Å². The van der Waals surface area contributed by atoms with Crippen LogP contribution in [0.4, 0.5) is 10.1 Å². The Morgan fingerprint density at radius 3 is 2.39 bits per heavy atom. The van der Waals surface area contributed by atoms with Crippen LogP contribution in [0, 0.1) is 12.7 Å². The first-order valence-corrected chi connectivity index (χ1v) is 10.1. The number of rotatable bonds is 6. The van der Waals surface area contributed by atoms with Gasteiger partial charge in [0.15, 0.2) is 5.78 Å². The molecular weight excluding hydrogens is 425 g/mol. The number of ketones is 1. The maximum Gasteiger partial charge on any atom is 0.244 e. The third kappa shape index (κ3) is 4.64. The maximum absolute atomic E-state index is 13.3. The molecule has 4 aromatic rings. The lowest BCUT2D eigenvalue weighted by Crippen LogP contribution is -2.25. The quantitative estimate of drug-likeness (QED) is 0.457. The summed E-state index contributed by atoms with van der Waals surface area (Å²) < 4.78 is 19.9. The summed E-state index contributed by atoms with van der Waals surface area (Å²) in [6.07, 6.45) is 1.33. The summed E-state index contributed by atoms with van der Waals surface area (Å²) in [7, 11) is 1.55. The van der Waals surface area contributed by atoms with Crippen LogP contribution in [0.1, 0.15) is 21.6 Å². The minimum absolute atomic E-state index is 0.128. The van der Waals surface area contributed by atoms with Crippen LogP contribution in [0.25, 0.3) is 11.0 Å². The highest BCUT2D eigenvalue weighted by molar-refractivity contribution is 6.10. The summed E-state index contributed by atoms with van der Waals surface area (Å²) in [6.45, 7) is 1.59. The number of nitrogens with one attached hydrogen (secondary N) is 1. The number of fused-ring (bicyclic) bond motifs is 1. The molecule has 0 bridgehead atoms. The fourth-order valence-electron chi connectivity index (χ4n) is 3.43. The molecule has 2 aromatic carbocycles. The van der Waals surface area contributed by atoms with E-state index in [4.69, 9.17) is 4.74 Å². The molecule has 0 atom stereocenters. The second-order valence-electron chi connectivity index (χ2n) is 7.44. The molecule has 33 heavy (non-hydrogen) atoms. The maximum atomic E-state index is 13.3. The number of amides is 1. The van der Waals surface area contributed by atoms with Crippen LogP contribution >= 0.6 is 0 Å². The topological polar surface area (TPSA) is 90.3 Å². The first-order chi connectivity index (χ1) is 15.9. The van der Waals surface area contributed by atoms with E-state index in [0.717, 1.165) is 12.1 Å². The number of ether oxygens (including phenoxy) is 1. The van der Waals surface area contributed by atoms with Crippen molar-refractivity contribution < 1.29 is 18.7 Å². The number of carbonyl (C=O) groups is 2. The summed E-state index contributed by atoms with van der Waals surface area (Å²) in [5, 5.41) is 2.99. The van der Waals surface area contributed by atoms with Crippen molar-refractivity contribution in [1.82, 2.24) is 9.55 Å². The molecule has 7 nitrogen and oxygen atoms in total. The zero-order valence-electron chi connectivity index (χ0n) is 18.0. The minimum Gasteiger partial charge on any atom is -0.497 e. The molecule has 0 fully saturated rings. The van der Waals surface area contributed by atoms with Crippen molar-refractivity contribution in [2.45, 2.75) is 13.5 Å². The molecule has 0 saturated heterocycles. The minimum atomic E-state index is -0.563. The van der Waals surface area contributed by atoms with E-state index < -0.39 is 17.0 Å². The fraction of sp³-hybridized carbons (Fsp3) is 0.120. The summed E-state index contributed by atoms with van der Waals surface area (Å²) in [6, 6.07) is 15.0. The van der Waals surface area contributed by atoms with Crippen LogP contribution in [0.5, 0.6) is 5.75 Å². The second-order valence-corrected chi connectivity index (χ2v) is 7.44. The van der Waals surface area contributed by atoms with Crippen molar-refractivity contribution in [2.75, 3.05) is 12.4 Å². The van der Waals surface area contributed by atoms with E-state index in [2.05, 4.69) is 10.3 Å². The molecule has 2 aromatic heterocycles. The number of aryl methyl sites for hydroxylation is 1. The summed E-state index contributed by atoms with van der Waals surface area (Å²) in [4.78, 5) is 43.2. The lowest BCUT2D eigenvalue weighted by molar-refractivity contribution is -0.116. The molecule has 0 aliphatic rings. The van der Waals surface area contributed by atoms with Crippen LogP contribution < -0.4 is 15.5 Å². The highest BCUT2D eigenvalue weighted by atomic mass is 19.1. The van der Waals surface area contributed by atoms with Crippen LogP contribution in [0.15, 0.2) is 71.7 Å². The molecule has 0 radical (unpaired) electrons. The zero-order valence-corrected chi connectivity index (χ0v) is 18.0. The van der Waals surface area contributed by atoms with Gasteiger partial charge in [-0.1, -0.05) is 0 Å². The third-order valence-electron chi connectivity index (χ3n) is 5.10. The number of carbonyl (C=O) groups excluding carboxylic acids is 2. The van der Waals surface area contributed by atoms with Crippen LogP contribution in [0.2, 0.25) is 0 Å². The molecule has 0 aliphatic carbocycles. The molecule has 1 N–H and O–H groups in total. The van der Waals surface area contributed by atoms with Gasteiger partial charge in [-0.2, -0.15) is 0 Å². The highest BCUT2D eigenvalue weighted by Crippen LogP contribution is 2.17. The Morgan fingerprint density at radius 1 is 1.03 bits per heavy atom. The number of benzene rings is 2. The van der Waals surface area contributed by atoms with E-state index in [1.165, 1.54) is 22.9 Å². The van der Waals surface area contributed by atoms with Gasteiger partial charge in [0.25, 0.3) is 0 Å².